The minimum absolute atomic E-state index is 0.0379. The molecule has 2 heterocycles. The molecule has 0 bridgehead atoms. The van der Waals surface area contributed by atoms with Crippen LogP contribution in [0.25, 0.3) is 0 Å². The van der Waals surface area contributed by atoms with Crippen LogP contribution in [0.15, 0.2) is 30.3 Å². The number of hydrogen-bond donors (Lipinski definition) is 2. The first kappa shape index (κ1) is 24.7. The summed E-state index contributed by atoms with van der Waals surface area (Å²) in [6.45, 7) is 6.52. The molecule has 2 atom stereocenters. The Hall–Kier alpha value is -2.39. The maximum Gasteiger partial charge on any atom is 0.262 e. The molecular formula is C25H32N2O5S2. The normalized spacial score (nSPS) is 21.5. The lowest BCUT2D eigenvalue weighted by Gasteiger charge is -2.33. The molecule has 1 aromatic heterocycles. The number of amides is 2. The predicted molar refractivity (Wildman–Crippen MR) is 134 cm³/mol. The highest BCUT2D eigenvalue weighted by atomic mass is 32.2. The van der Waals surface area contributed by atoms with E-state index in [1.54, 1.807) is 12.1 Å². The van der Waals surface area contributed by atoms with Gasteiger partial charge in [0, 0.05) is 10.9 Å². The van der Waals surface area contributed by atoms with E-state index in [9.17, 15) is 18.0 Å². The molecule has 2 unspecified atom stereocenters. The molecule has 1 aliphatic heterocycles. The largest absolute Gasteiger partial charge is 0.484 e. The summed E-state index contributed by atoms with van der Waals surface area (Å²) in [7, 11) is -3.11. The van der Waals surface area contributed by atoms with Gasteiger partial charge in [-0.2, -0.15) is 0 Å². The van der Waals surface area contributed by atoms with Gasteiger partial charge >= 0.3 is 0 Å². The van der Waals surface area contributed by atoms with Crippen molar-refractivity contribution in [1.82, 2.24) is 5.32 Å². The second-order valence-corrected chi connectivity index (χ2v) is 13.6. The van der Waals surface area contributed by atoms with Gasteiger partial charge in [-0.25, -0.2) is 8.42 Å². The molecule has 34 heavy (non-hydrogen) atoms. The lowest BCUT2D eigenvalue weighted by molar-refractivity contribution is -0.118. The summed E-state index contributed by atoms with van der Waals surface area (Å²) < 4.78 is 29.3. The maximum absolute atomic E-state index is 13.3. The highest BCUT2D eigenvalue weighted by Crippen LogP contribution is 2.44. The van der Waals surface area contributed by atoms with Crippen molar-refractivity contribution in [2.24, 2.45) is 11.3 Å². The van der Waals surface area contributed by atoms with E-state index in [1.165, 1.54) is 11.3 Å². The number of rotatable bonds is 6. The topological polar surface area (TPSA) is 102 Å². The standard InChI is InChI=1S/C25H32N2O5S2/c1-25(2,3)16-9-10-19-20(13-16)33-24(27-21(28)14-32-18-7-5-4-6-8-18)22(19)23(29)26-17-11-12-34(30,31)15-17/h4-8,16-17H,9-15H2,1-3H3,(H,26,29)(H,27,28). The number of para-hydroxylation sites is 1. The van der Waals surface area contributed by atoms with Crippen LogP contribution in [-0.2, 0) is 27.5 Å². The number of hydrogen-bond acceptors (Lipinski definition) is 6. The van der Waals surface area contributed by atoms with Crippen molar-refractivity contribution < 1.29 is 22.7 Å². The Balaban J connectivity index is 1.55. The van der Waals surface area contributed by atoms with E-state index in [1.807, 2.05) is 18.2 Å². The Morgan fingerprint density at radius 3 is 2.53 bits per heavy atom. The highest BCUT2D eigenvalue weighted by Gasteiger charge is 2.36. The number of thiophene rings is 1. The molecule has 1 fully saturated rings. The first-order valence-electron chi connectivity index (χ1n) is 11.7. The summed E-state index contributed by atoms with van der Waals surface area (Å²) in [4.78, 5) is 27.1. The van der Waals surface area contributed by atoms with Gasteiger partial charge in [-0.3, -0.25) is 9.59 Å². The second-order valence-electron chi connectivity index (χ2n) is 10.2. The lowest BCUT2D eigenvalue weighted by Crippen LogP contribution is -2.36. The summed E-state index contributed by atoms with van der Waals surface area (Å²) in [6.07, 6.45) is 3.00. The molecule has 0 saturated carbocycles. The number of ether oxygens (including phenoxy) is 1. The van der Waals surface area contributed by atoms with Gasteiger partial charge in [0.1, 0.15) is 10.8 Å². The highest BCUT2D eigenvalue weighted by molar-refractivity contribution is 7.91. The van der Waals surface area contributed by atoms with Crippen molar-refractivity contribution in [1.29, 1.82) is 0 Å². The summed E-state index contributed by atoms with van der Waals surface area (Å²) in [5.41, 5.74) is 1.60. The third-order valence-electron chi connectivity index (χ3n) is 6.65. The molecule has 0 spiro atoms. The fourth-order valence-corrected chi connectivity index (χ4v) is 7.66. The predicted octanol–water partition coefficient (Wildman–Crippen LogP) is 3.83. The maximum atomic E-state index is 13.3. The first-order valence-corrected chi connectivity index (χ1v) is 14.3. The van der Waals surface area contributed by atoms with Gasteiger partial charge in [0.05, 0.1) is 17.1 Å². The van der Waals surface area contributed by atoms with E-state index in [0.29, 0.717) is 28.7 Å². The third kappa shape index (κ3) is 5.81. The minimum Gasteiger partial charge on any atom is -0.484 e. The van der Waals surface area contributed by atoms with Crippen LogP contribution in [0.1, 0.15) is 54.4 Å². The number of nitrogens with one attached hydrogen (secondary N) is 2. The average molecular weight is 505 g/mol. The zero-order valence-electron chi connectivity index (χ0n) is 19.8. The lowest BCUT2D eigenvalue weighted by atomic mass is 9.72. The van der Waals surface area contributed by atoms with Crippen LogP contribution in [0.2, 0.25) is 0 Å². The van der Waals surface area contributed by atoms with Gasteiger partial charge < -0.3 is 15.4 Å². The summed E-state index contributed by atoms with van der Waals surface area (Å²) >= 11 is 1.45. The molecule has 1 saturated heterocycles. The third-order valence-corrected chi connectivity index (χ3v) is 9.59. The van der Waals surface area contributed by atoms with Crippen molar-refractivity contribution in [2.45, 2.75) is 52.5 Å². The van der Waals surface area contributed by atoms with E-state index < -0.39 is 15.9 Å². The number of sulfone groups is 1. The van der Waals surface area contributed by atoms with Crippen molar-refractivity contribution >= 4 is 38.0 Å². The molecule has 0 radical (unpaired) electrons. The van der Waals surface area contributed by atoms with Crippen LogP contribution in [0.4, 0.5) is 5.00 Å². The molecule has 9 heteroatoms. The Kier molecular flexibility index (Phi) is 7.05. The van der Waals surface area contributed by atoms with Crippen LogP contribution in [0, 0.1) is 11.3 Å². The molecule has 184 valence electrons. The summed E-state index contributed by atoms with van der Waals surface area (Å²) in [5.74, 6) is 0.480. The fourth-order valence-electron chi connectivity index (χ4n) is 4.65. The van der Waals surface area contributed by atoms with E-state index in [4.69, 9.17) is 4.74 Å². The van der Waals surface area contributed by atoms with Crippen LogP contribution in [-0.4, -0.2) is 44.4 Å². The molecule has 2 aromatic rings. The molecule has 1 aromatic carbocycles. The number of benzene rings is 1. The van der Waals surface area contributed by atoms with Crippen molar-refractivity contribution in [3.05, 3.63) is 46.3 Å². The Morgan fingerprint density at radius 1 is 1.15 bits per heavy atom. The van der Waals surface area contributed by atoms with Gasteiger partial charge in [-0.05, 0) is 54.7 Å². The zero-order valence-corrected chi connectivity index (χ0v) is 21.5. The molecule has 1 aliphatic carbocycles. The second kappa shape index (κ2) is 9.70. The summed E-state index contributed by atoms with van der Waals surface area (Å²) in [5, 5.41) is 6.31. The zero-order chi connectivity index (χ0) is 24.5. The number of carbonyl (C=O) groups is 2. The molecule has 2 amide bonds. The van der Waals surface area contributed by atoms with Crippen LogP contribution < -0.4 is 15.4 Å². The SMILES string of the molecule is CC(C)(C)C1CCc2c(sc(NC(=O)COc3ccccc3)c2C(=O)NC2CCS(=O)(=O)C2)C1. The Labute approximate surface area is 205 Å². The molecule has 4 rings (SSSR count). The van der Waals surface area contributed by atoms with E-state index in [2.05, 4.69) is 31.4 Å². The van der Waals surface area contributed by atoms with Gasteiger partial charge in [0.25, 0.3) is 11.8 Å². The quantitative estimate of drug-likeness (QED) is 0.623. The Morgan fingerprint density at radius 2 is 1.88 bits per heavy atom. The van der Waals surface area contributed by atoms with Crippen molar-refractivity contribution in [2.75, 3.05) is 23.4 Å². The van der Waals surface area contributed by atoms with Gasteiger partial charge in [-0.15, -0.1) is 11.3 Å². The van der Waals surface area contributed by atoms with Gasteiger partial charge in [0.2, 0.25) is 0 Å². The van der Waals surface area contributed by atoms with Gasteiger partial charge in [-0.1, -0.05) is 39.0 Å². The minimum atomic E-state index is -3.11. The van der Waals surface area contributed by atoms with Crippen LogP contribution >= 0.6 is 11.3 Å². The van der Waals surface area contributed by atoms with E-state index in [-0.39, 0.29) is 35.3 Å². The number of fused-ring (bicyclic) bond motifs is 1. The fraction of sp³-hybridized carbons (Fsp3) is 0.520. The molecule has 2 N–H and O–H groups in total. The monoisotopic (exact) mass is 504 g/mol. The smallest absolute Gasteiger partial charge is 0.262 e. The van der Waals surface area contributed by atoms with E-state index >= 15 is 0 Å². The van der Waals surface area contributed by atoms with E-state index in [0.717, 1.165) is 29.7 Å². The molecular weight excluding hydrogens is 472 g/mol. The number of anilines is 1. The number of carbonyl (C=O) groups excluding carboxylic acids is 2. The summed E-state index contributed by atoms with van der Waals surface area (Å²) in [6, 6.07) is 8.68. The molecule has 2 aliphatic rings. The Bertz CT molecular complexity index is 1170. The van der Waals surface area contributed by atoms with Gasteiger partial charge in [0.15, 0.2) is 16.4 Å². The first-order chi connectivity index (χ1) is 16.0. The van der Waals surface area contributed by atoms with Crippen LogP contribution in [0.3, 0.4) is 0 Å². The van der Waals surface area contributed by atoms with Crippen molar-refractivity contribution in [3.63, 3.8) is 0 Å². The van der Waals surface area contributed by atoms with Crippen molar-refractivity contribution in [3.8, 4) is 5.75 Å². The average Bonchev–Trinajstić information content (AvgIpc) is 3.30. The van der Waals surface area contributed by atoms with Crippen LogP contribution in [0.5, 0.6) is 5.75 Å². The molecule has 7 nitrogen and oxygen atoms in total.